The Bertz CT molecular complexity index is 505. The summed E-state index contributed by atoms with van der Waals surface area (Å²) < 4.78 is 4.90. The molecule has 0 aliphatic heterocycles. The highest BCUT2D eigenvalue weighted by Gasteiger charge is 2.33. The minimum Gasteiger partial charge on any atom is -0.464 e. The largest absolute Gasteiger partial charge is 0.464 e. The maximum absolute atomic E-state index is 12.2. The normalized spacial score (nSPS) is 22.6. The molecule has 0 heterocycles. The number of rotatable bonds is 13. The van der Waals surface area contributed by atoms with E-state index in [1.165, 1.54) is 6.92 Å². The number of carbonyl (C=O) groups is 2. The molecule has 0 radical (unpaired) electrons. The molecule has 1 saturated carbocycles. The topological polar surface area (TPSA) is 63.6 Å². The lowest BCUT2D eigenvalue weighted by Crippen LogP contribution is -2.36. The van der Waals surface area contributed by atoms with Gasteiger partial charge in [-0.3, -0.25) is 4.79 Å². The molecule has 154 valence electrons. The number of unbranched alkanes of at least 4 members (excludes halogenated alkanes) is 3. The molecular weight excluding hydrogens is 340 g/mol. The molecule has 27 heavy (non-hydrogen) atoms. The van der Waals surface area contributed by atoms with Crippen LogP contribution in [0.15, 0.2) is 24.3 Å². The van der Waals surface area contributed by atoms with Gasteiger partial charge < -0.3 is 9.84 Å². The zero-order valence-electron chi connectivity index (χ0n) is 17.4. The van der Waals surface area contributed by atoms with Crippen LogP contribution in [0.2, 0.25) is 0 Å². The number of esters is 1. The van der Waals surface area contributed by atoms with E-state index in [0.29, 0.717) is 24.5 Å². The first-order chi connectivity index (χ1) is 12.9. The van der Waals surface area contributed by atoms with Crippen molar-refractivity contribution in [2.45, 2.75) is 90.6 Å². The summed E-state index contributed by atoms with van der Waals surface area (Å²) in [5.74, 6) is 0.386. The third-order valence-corrected chi connectivity index (χ3v) is 5.33. The minimum absolute atomic E-state index is 0.151. The Balaban J connectivity index is 2.30. The lowest BCUT2D eigenvalue weighted by atomic mass is 9.89. The SMILES string of the molecule is CCC=CCCC=C[C@H]1CCC(=O)[C@@H]1CCCCCC(C)(O)C(=O)OCC. The maximum atomic E-state index is 12.2. The summed E-state index contributed by atoms with van der Waals surface area (Å²) in [4.78, 5) is 23.9. The second-order valence-electron chi connectivity index (χ2n) is 7.75. The van der Waals surface area contributed by atoms with Crippen molar-refractivity contribution in [3.8, 4) is 0 Å². The fourth-order valence-electron chi connectivity index (χ4n) is 3.69. The first-order valence-corrected chi connectivity index (χ1v) is 10.7. The zero-order valence-corrected chi connectivity index (χ0v) is 17.4. The molecule has 0 saturated heterocycles. The number of hydrogen-bond acceptors (Lipinski definition) is 4. The number of hydrogen-bond donors (Lipinski definition) is 1. The second-order valence-corrected chi connectivity index (χ2v) is 7.75. The Labute approximate surface area is 165 Å². The monoisotopic (exact) mass is 378 g/mol. The van der Waals surface area contributed by atoms with Crippen LogP contribution in [0.25, 0.3) is 0 Å². The Morgan fingerprint density at radius 1 is 1.19 bits per heavy atom. The lowest BCUT2D eigenvalue weighted by Gasteiger charge is -2.21. The van der Waals surface area contributed by atoms with Crippen molar-refractivity contribution < 1.29 is 19.4 Å². The number of allylic oxidation sites excluding steroid dienone is 4. The molecule has 0 aromatic rings. The van der Waals surface area contributed by atoms with Gasteiger partial charge in [0.05, 0.1) is 6.61 Å². The van der Waals surface area contributed by atoms with Crippen molar-refractivity contribution in [2.75, 3.05) is 6.61 Å². The molecule has 4 heteroatoms. The molecule has 1 rings (SSSR count). The molecule has 0 bridgehead atoms. The van der Waals surface area contributed by atoms with E-state index in [-0.39, 0.29) is 12.5 Å². The van der Waals surface area contributed by atoms with Crippen molar-refractivity contribution in [3.63, 3.8) is 0 Å². The summed E-state index contributed by atoms with van der Waals surface area (Å²) in [6.45, 7) is 5.67. The molecule has 0 aromatic heterocycles. The van der Waals surface area contributed by atoms with Crippen LogP contribution in [0.3, 0.4) is 0 Å². The van der Waals surface area contributed by atoms with Crippen LogP contribution in [-0.2, 0) is 14.3 Å². The van der Waals surface area contributed by atoms with Crippen LogP contribution < -0.4 is 0 Å². The van der Waals surface area contributed by atoms with Gasteiger partial charge in [-0.1, -0.05) is 44.1 Å². The van der Waals surface area contributed by atoms with Gasteiger partial charge >= 0.3 is 5.97 Å². The lowest BCUT2D eigenvalue weighted by molar-refractivity contribution is -0.163. The second kappa shape index (κ2) is 12.9. The van der Waals surface area contributed by atoms with Crippen molar-refractivity contribution >= 4 is 11.8 Å². The summed E-state index contributed by atoms with van der Waals surface area (Å²) >= 11 is 0. The van der Waals surface area contributed by atoms with Gasteiger partial charge in [-0.15, -0.1) is 0 Å². The van der Waals surface area contributed by atoms with Crippen LogP contribution in [0.5, 0.6) is 0 Å². The average molecular weight is 379 g/mol. The number of Topliss-reactive ketones (excluding diaryl/α,β-unsaturated/α-hetero) is 1. The molecule has 0 spiro atoms. The molecular formula is C23H38O4. The van der Waals surface area contributed by atoms with Gasteiger partial charge in [-0.05, 0) is 64.7 Å². The van der Waals surface area contributed by atoms with Crippen LogP contribution in [0, 0.1) is 11.8 Å². The highest BCUT2D eigenvalue weighted by molar-refractivity contribution is 5.83. The van der Waals surface area contributed by atoms with Crippen molar-refractivity contribution in [2.24, 2.45) is 11.8 Å². The standard InChI is InChI=1S/C23H38O4/c1-4-6-7-8-9-11-14-19-16-17-21(24)20(19)15-12-10-13-18-23(3,26)22(25)27-5-2/h6-7,11,14,19-20,26H,4-5,8-10,12-13,15-18H2,1-3H3/t19-,20+,23?/m0/s1. The predicted octanol–water partition coefficient (Wildman–Crippen LogP) is 5.15. The first-order valence-electron chi connectivity index (χ1n) is 10.7. The number of aliphatic hydroxyl groups is 1. The van der Waals surface area contributed by atoms with Crippen LogP contribution in [0.4, 0.5) is 0 Å². The highest BCUT2D eigenvalue weighted by Crippen LogP contribution is 2.34. The number of carbonyl (C=O) groups excluding carboxylic acids is 2. The van der Waals surface area contributed by atoms with Crippen LogP contribution in [-0.4, -0.2) is 29.1 Å². The minimum atomic E-state index is -1.41. The van der Waals surface area contributed by atoms with Gasteiger partial charge in [-0.25, -0.2) is 4.79 Å². The summed E-state index contributed by atoms with van der Waals surface area (Å²) in [7, 11) is 0. The van der Waals surface area contributed by atoms with E-state index in [9.17, 15) is 14.7 Å². The van der Waals surface area contributed by atoms with Gasteiger partial charge in [0.25, 0.3) is 0 Å². The van der Waals surface area contributed by atoms with Crippen LogP contribution in [0.1, 0.15) is 85.0 Å². The fourth-order valence-corrected chi connectivity index (χ4v) is 3.69. The first kappa shape index (κ1) is 23.6. The Morgan fingerprint density at radius 2 is 1.93 bits per heavy atom. The van der Waals surface area contributed by atoms with E-state index in [0.717, 1.165) is 51.4 Å². The van der Waals surface area contributed by atoms with E-state index in [1.54, 1.807) is 6.92 Å². The maximum Gasteiger partial charge on any atom is 0.337 e. The predicted molar refractivity (Wildman–Crippen MR) is 109 cm³/mol. The van der Waals surface area contributed by atoms with Crippen molar-refractivity contribution in [1.82, 2.24) is 0 Å². The zero-order chi connectivity index (χ0) is 20.1. The summed E-state index contributed by atoms with van der Waals surface area (Å²) in [5.41, 5.74) is -1.41. The van der Waals surface area contributed by atoms with Gasteiger partial charge in [0.15, 0.2) is 5.60 Å². The molecule has 1 unspecified atom stereocenters. The van der Waals surface area contributed by atoms with Crippen molar-refractivity contribution in [1.29, 1.82) is 0 Å². The van der Waals surface area contributed by atoms with Crippen LogP contribution >= 0.6 is 0 Å². The van der Waals surface area contributed by atoms with E-state index >= 15 is 0 Å². The summed E-state index contributed by atoms with van der Waals surface area (Å²) in [6.07, 6.45) is 17.7. The van der Waals surface area contributed by atoms with Gasteiger partial charge in [0.2, 0.25) is 0 Å². The molecule has 1 N–H and O–H groups in total. The van der Waals surface area contributed by atoms with E-state index in [4.69, 9.17) is 4.74 Å². The molecule has 1 aliphatic rings. The molecule has 4 nitrogen and oxygen atoms in total. The van der Waals surface area contributed by atoms with E-state index in [1.807, 2.05) is 0 Å². The molecule has 1 fully saturated rings. The quantitative estimate of drug-likeness (QED) is 0.273. The smallest absolute Gasteiger partial charge is 0.337 e. The van der Waals surface area contributed by atoms with Gasteiger partial charge in [0.1, 0.15) is 5.78 Å². The van der Waals surface area contributed by atoms with Crippen molar-refractivity contribution in [3.05, 3.63) is 24.3 Å². The Morgan fingerprint density at radius 3 is 2.63 bits per heavy atom. The molecule has 1 aliphatic carbocycles. The van der Waals surface area contributed by atoms with Gasteiger partial charge in [0, 0.05) is 12.3 Å². The summed E-state index contributed by atoms with van der Waals surface area (Å²) in [5, 5.41) is 10.1. The fraction of sp³-hybridized carbons (Fsp3) is 0.739. The third kappa shape index (κ3) is 8.87. The highest BCUT2D eigenvalue weighted by atomic mass is 16.5. The molecule has 0 aromatic carbocycles. The Hall–Kier alpha value is -1.42. The average Bonchev–Trinajstić information content (AvgIpc) is 2.98. The number of ether oxygens (including phenoxy) is 1. The molecule has 3 atom stereocenters. The Kier molecular flexibility index (Phi) is 11.3. The van der Waals surface area contributed by atoms with E-state index < -0.39 is 11.6 Å². The number of ketones is 1. The summed E-state index contributed by atoms with van der Waals surface area (Å²) in [6, 6.07) is 0. The van der Waals surface area contributed by atoms with E-state index in [2.05, 4.69) is 31.2 Å². The molecule has 0 amide bonds. The van der Waals surface area contributed by atoms with Gasteiger partial charge in [-0.2, -0.15) is 0 Å². The third-order valence-electron chi connectivity index (χ3n) is 5.33.